The number of fused-ring (bicyclic) bond motifs is 7. The van der Waals surface area contributed by atoms with Crippen LogP contribution in [-0.4, -0.2) is 50.2 Å². The van der Waals surface area contributed by atoms with Crippen molar-refractivity contribution in [1.29, 1.82) is 0 Å². The molecule has 5 aliphatic rings. The van der Waals surface area contributed by atoms with Crippen LogP contribution in [0.15, 0.2) is 24.3 Å². The lowest BCUT2D eigenvalue weighted by Gasteiger charge is -2.52. The normalized spacial score (nSPS) is 34.2. The average Bonchev–Trinajstić information content (AvgIpc) is 3.52. The Kier molecular flexibility index (Phi) is 5.84. The zero-order valence-corrected chi connectivity index (χ0v) is 23.5. The van der Waals surface area contributed by atoms with E-state index in [0.29, 0.717) is 29.3 Å². The van der Waals surface area contributed by atoms with Gasteiger partial charge in [-0.1, -0.05) is 24.8 Å². The summed E-state index contributed by atoms with van der Waals surface area (Å²) in [5, 5.41) is 12.3. The number of methoxy groups -OCH3 is 2. The second kappa shape index (κ2) is 9.08. The third-order valence-corrected chi connectivity index (χ3v) is 10.9. The number of likely N-dealkylation sites (N-methyl/N-ethyl adjacent to an activating group) is 1. The van der Waals surface area contributed by atoms with Crippen molar-refractivity contribution in [3.05, 3.63) is 46.5 Å². The Hall–Kier alpha value is -2.88. The highest BCUT2D eigenvalue weighted by molar-refractivity contribution is 5.63. The number of ether oxygens (including phenoxy) is 4. The highest BCUT2D eigenvalue weighted by Gasteiger charge is 2.61. The first-order valence-electron chi connectivity index (χ1n) is 14.5. The first-order chi connectivity index (χ1) is 18.9. The summed E-state index contributed by atoms with van der Waals surface area (Å²) in [6.07, 6.45) is 7.03. The summed E-state index contributed by atoms with van der Waals surface area (Å²) in [7, 11) is 5.53. The quantitative estimate of drug-likeness (QED) is 0.536. The molecular formula is C33H39NO5. The van der Waals surface area contributed by atoms with Crippen LogP contribution >= 0.6 is 0 Å². The zero-order chi connectivity index (χ0) is 26.9. The summed E-state index contributed by atoms with van der Waals surface area (Å²) in [5.74, 6) is 11.8. The van der Waals surface area contributed by atoms with Gasteiger partial charge in [-0.3, -0.25) is 4.90 Å². The fourth-order valence-electron chi connectivity index (χ4n) is 8.71. The van der Waals surface area contributed by atoms with E-state index in [-0.39, 0.29) is 18.2 Å². The van der Waals surface area contributed by atoms with Crippen molar-refractivity contribution >= 4 is 0 Å². The maximum atomic E-state index is 12.3. The third-order valence-electron chi connectivity index (χ3n) is 10.9. The molecule has 39 heavy (non-hydrogen) atoms. The molecule has 0 radical (unpaired) electrons. The van der Waals surface area contributed by atoms with E-state index in [0.717, 1.165) is 62.1 Å². The monoisotopic (exact) mass is 529 g/mol. The van der Waals surface area contributed by atoms with Crippen molar-refractivity contribution < 1.29 is 24.1 Å². The maximum Gasteiger partial charge on any atom is 0.231 e. The Balaban J connectivity index is 1.21. The molecule has 1 N–H and O–H groups in total. The van der Waals surface area contributed by atoms with E-state index in [4.69, 9.17) is 18.9 Å². The molecule has 6 heteroatoms. The number of hydrogen-bond acceptors (Lipinski definition) is 6. The molecule has 0 unspecified atom stereocenters. The van der Waals surface area contributed by atoms with Gasteiger partial charge < -0.3 is 24.1 Å². The van der Waals surface area contributed by atoms with E-state index in [9.17, 15) is 5.11 Å². The number of aryl methyl sites for hydroxylation is 1. The van der Waals surface area contributed by atoms with Gasteiger partial charge in [0, 0.05) is 17.5 Å². The van der Waals surface area contributed by atoms with Crippen molar-refractivity contribution in [3.63, 3.8) is 0 Å². The van der Waals surface area contributed by atoms with Gasteiger partial charge >= 0.3 is 0 Å². The van der Waals surface area contributed by atoms with E-state index in [1.165, 1.54) is 23.1 Å². The summed E-state index contributed by atoms with van der Waals surface area (Å²) >= 11 is 0. The van der Waals surface area contributed by atoms with Crippen LogP contribution in [0.25, 0.3) is 0 Å². The molecule has 2 aromatic carbocycles. The number of nitrogens with zero attached hydrogens (tertiary/aromatic N) is 1. The molecule has 2 saturated carbocycles. The molecule has 206 valence electrons. The Labute approximate surface area is 231 Å². The largest absolute Gasteiger partial charge is 0.497 e. The van der Waals surface area contributed by atoms with Gasteiger partial charge in [0.05, 0.1) is 14.2 Å². The maximum absolute atomic E-state index is 12.3. The first-order valence-corrected chi connectivity index (χ1v) is 14.5. The minimum Gasteiger partial charge on any atom is -0.497 e. The van der Waals surface area contributed by atoms with Crippen molar-refractivity contribution in [2.24, 2.45) is 17.3 Å². The molecule has 3 aliphatic carbocycles. The summed E-state index contributed by atoms with van der Waals surface area (Å²) in [6, 6.07) is 8.56. The highest BCUT2D eigenvalue weighted by atomic mass is 16.7. The van der Waals surface area contributed by atoms with Gasteiger partial charge in [0.25, 0.3) is 0 Å². The van der Waals surface area contributed by atoms with E-state index in [1.807, 2.05) is 0 Å². The standard InChI is InChI=1S/C33H39NO5/c1-32-13-9-24-23-8-6-22(36-3)17-20(23)5-7-25(24)26(32)10-14-33(32,35)15-11-27-29-21(12-16-34(27)2)18-28-30(31(29)37-4)39-19-38-28/h6,8,17-18,24-27,35H,5,7,9-10,12-14,16,19H2,1-4H3/t24-,25-,26-,27-,32+,33+/m1/s1. The SMILES string of the molecule is COc1ccc2c(c1)CC[C@@H]1[C@@H]2CC[C@@]2(C)[C@@H]1CC[C@]2(O)C#C[C@@H]1c2c(cc3c(c2OC)OCO3)CCN1C. The molecule has 2 aliphatic heterocycles. The van der Waals surface area contributed by atoms with Crippen LogP contribution in [0.1, 0.15) is 73.2 Å². The summed E-state index contributed by atoms with van der Waals surface area (Å²) in [5.41, 5.74) is 3.98. The molecule has 2 fully saturated rings. The van der Waals surface area contributed by atoms with Crippen molar-refractivity contribution in [1.82, 2.24) is 4.90 Å². The van der Waals surface area contributed by atoms with Crippen molar-refractivity contribution in [3.8, 4) is 34.8 Å². The van der Waals surface area contributed by atoms with Crippen LogP contribution in [0.5, 0.6) is 23.0 Å². The van der Waals surface area contributed by atoms with Crippen molar-refractivity contribution in [2.45, 2.75) is 69.4 Å². The average molecular weight is 530 g/mol. The summed E-state index contributed by atoms with van der Waals surface area (Å²) < 4.78 is 22.8. The van der Waals surface area contributed by atoms with Gasteiger partial charge in [-0.25, -0.2) is 0 Å². The molecule has 0 saturated heterocycles. The molecule has 2 heterocycles. The molecule has 0 amide bonds. The Morgan fingerprint density at radius 2 is 1.90 bits per heavy atom. The molecule has 0 aromatic heterocycles. The van der Waals surface area contributed by atoms with Crippen LogP contribution in [-0.2, 0) is 12.8 Å². The second-order valence-electron chi connectivity index (χ2n) is 12.5. The second-order valence-corrected chi connectivity index (χ2v) is 12.5. The lowest BCUT2D eigenvalue weighted by atomic mass is 9.53. The molecule has 6 nitrogen and oxygen atoms in total. The topological polar surface area (TPSA) is 60.4 Å². The summed E-state index contributed by atoms with van der Waals surface area (Å²) in [6.45, 7) is 3.41. The van der Waals surface area contributed by atoms with Gasteiger partial charge in [0.1, 0.15) is 17.4 Å². The number of aliphatic hydroxyl groups is 1. The molecule has 0 spiro atoms. The van der Waals surface area contributed by atoms with Crippen LogP contribution in [0.4, 0.5) is 0 Å². The van der Waals surface area contributed by atoms with Gasteiger partial charge in [-0.2, -0.15) is 0 Å². The predicted molar refractivity (Wildman–Crippen MR) is 149 cm³/mol. The number of benzene rings is 2. The molecule has 7 rings (SSSR count). The lowest BCUT2D eigenvalue weighted by molar-refractivity contribution is -0.0649. The molecular weight excluding hydrogens is 490 g/mol. The molecule has 2 aromatic rings. The van der Waals surface area contributed by atoms with Crippen LogP contribution in [0.2, 0.25) is 0 Å². The Bertz CT molecular complexity index is 1380. The Morgan fingerprint density at radius 3 is 2.72 bits per heavy atom. The number of hydrogen-bond donors (Lipinski definition) is 1. The van der Waals surface area contributed by atoms with Crippen LogP contribution in [0, 0.1) is 29.1 Å². The minimum absolute atomic E-state index is 0.169. The van der Waals surface area contributed by atoms with Crippen LogP contribution in [0.3, 0.4) is 0 Å². The van der Waals surface area contributed by atoms with Crippen LogP contribution < -0.4 is 18.9 Å². The third kappa shape index (κ3) is 3.62. The smallest absolute Gasteiger partial charge is 0.231 e. The van der Waals surface area contributed by atoms with E-state index < -0.39 is 5.60 Å². The number of rotatable bonds is 2. The van der Waals surface area contributed by atoms with Gasteiger partial charge in [0.15, 0.2) is 11.5 Å². The lowest BCUT2D eigenvalue weighted by Crippen LogP contribution is -2.50. The van der Waals surface area contributed by atoms with Gasteiger partial charge in [0.2, 0.25) is 12.5 Å². The van der Waals surface area contributed by atoms with E-state index >= 15 is 0 Å². The highest BCUT2D eigenvalue weighted by Crippen LogP contribution is 2.64. The molecule has 0 bridgehead atoms. The summed E-state index contributed by atoms with van der Waals surface area (Å²) in [4.78, 5) is 2.27. The van der Waals surface area contributed by atoms with Gasteiger partial charge in [-0.15, -0.1) is 0 Å². The minimum atomic E-state index is -0.995. The molecule has 6 atom stereocenters. The zero-order valence-electron chi connectivity index (χ0n) is 23.5. The van der Waals surface area contributed by atoms with E-state index in [1.54, 1.807) is 14.2 Å². The first kappa shape index (κ1) is 25.1. The Morgan fingerprint density at radius 1 is 1.03 bits per heavy atom. The van der Waals surface area contributed by atoms with Crippen molar-refractivity contribution in [2.75, 3.05) is 34.6 Å². The predicted octanol–water partition coefficient (Wildman–Crippen LogP) is 5.25. The fourth-order valence-corrected chi connectivity index (χ4v) is 8.71. The van der Waals surface area contributed by atoms with Gasteiger partial charge in [-0.05, 0) is 105 Å². The van der Waals surface area contributed by atoms with E-state index in [2.05, 4.69) is 55.0 Å². The fraction of sp³-hybridized carbons (Fsp3) is 0.576.